The van der Waals surface area contributed by atoms with Crippen molar-refractivity contribution in [2.75, 3.05) is 12.0 Å². The van der Waals surface area contributed by atoms with E-state index in [1.165, 1.54) is 0 Å². The summed E-state index contributed by atoms with van der Waals surface area (Å²) in [7, 11) is 0. The van der Waals surface area contributed by atoms with Gasteiger partial charge in [0, 0.05) is 18.3 Å². The van der Waals surface area contributed by atoms with E-state index in [4.69, 9.17) is 5.73 Å². The Morgan fingerprint density at radius 2 is 2.08 bits per heavy atom. The van der Waals surface area contributed by atoms with Crippen LogP contribution in [0.1, 0.15) is 12.0 Å². The summed E-state index contributed by atoms with van der Waals surface area (Å²) in [6.07, 6.45) is 6.02. The number of aromatic nitrogens is 2. The first kappa shape index (κ1) is 17.9. The van der Waals surface area contributed by atoms with Gasteiger partial charge in [0.2, 0.25) is 5.91 Å². The summed E-state index contributed by atoms with van der Waals surface area (Å²) in [5.74, 6) is 0.500. The number of nitrogens with two attached hydrogens (primary N) is 1. The van der Waals surface area contributed by atoms with Crippen molar-refractivity contribution in [3.05, 3.63) is 48.3 Å². The summed E-state index contributed by atoms with van der Waals surface area (Å²) in [5.41, 5.74) is 6.95. The fourth-order valence-electron chi connectivity index (χ4n) is 2.16. The van der Waals surface area contributed by atoms with Crippen LogP contribution in [0.25, 0.3) is 5.69 Å². The zero-order valence-electron chi connectivity index (χ0n) is 13.4. The second-order valence-corrected chi connectivity index (χ2v) is 6.17. The number of nitrogens with one attached hydrogen (secondary N) is 2. The first-order valence-electron chi connectivity index (χ1n) is 7.51. The number of nitrogens with zero attached hydrogens (tertiary/aromatic N) is 2. The molecule has 1 aromatic carbocycles. The zero-order chi connectivity index (χ0) is 17.4. The Kier molecular flexibility index (Phi) is 6.68. The van der Waals surface area contributed by atoms with Gasteiger partial charge in [0.1, 0.15) is 6.04 Å². The van der Waals surface area contributed by atoms with E-state index >= 15 is 0 Å². The van der Waals surface area contributed by atoms with Crippen LogP contribution in [0.15, 0.2) is 42.7 Å². The van der Waals surface area contributed by atoms with E-state index in [1.807, 2.05) is 42.8 Å². The highest BCUT2D eigenvalue weighted by Crippen LogP contribution is 2.08. The lowest BCUT2D eigenvalue weighted by Gasteiger charge is -2.16. The third-order valence-corrected chi connectivity index (χ3v) is 4.01. The van der Waals surface area contributed by atoms with E-state index in [-0.39, 0.29) is 5.91 Å². The Hall–Kier alpha value is -2.48. The average molecular weight is 347 g/mol. The number of carbonyl (C=O) groups is 2. The minimum absolute atomic E-state index is 0.254. The van der Waals surface area contributed by atoms with Crippen LogP contribution in [0.2, 0.25) is 0 Å². The first-order valence-corrected chi connectivity index (χ1v) is 8.91. The number of amides is 3. The Morgan fingerprint density at radius 1 is 1.33 bits per heavy atom. The van der Waals surface area contributed by atoms with Gasteiger partial charge >= 0.3 is 6.03 Å². The monoisotopic (exact) mass is 347 g/mol. The van der Waals surface area contributed by atoms with Gasteiger partial charge in [0.25, 0.3) is 0 Å². The molecule has 3 amide bonds. The maximum Gasteiger partial charge on any atom is 0.312 e. The molecular weight excluding hydrogens is 326 g/mol. The summed E-state index contributed by atoms with van der Waals surface area (Å²) >= 11 is 1.60. The molecule has 0 spiro atoms. The van der Waals surface area contributed by atoms with Gasteiger partial charge < -0.3 is 16.4 Å². The second-order valence-electron chi connectivity index (χ2n) is 5.19. The van der Waals surface area contributed by atoms with Crippen molar-refractivity contribution in [3.63, 3.8) is 0 Å². The van der Waals surface area contributed by atoms with Crippen LogP contribution in [0.3, 0.4) is 0 Å². The number of thioether (sulfide) groups is 1. The smallest absolute Gasteiger partial charge is 0.312 e. The molecule has 128 valence electrons. The quantitative estimate of drug-likeness (QED) is 0.669. The highest BCUT2D eigenvalue weighted by Gasteiger charge is 2.19. The van der Waals surface area contributed by atoms with Crippen LogP contribution in [0.5, 0.6) is 0 Å². The van der Waals surface area contributed by atoms with E-state index in [0.717, 1.165) is 17.0 Å². The van der Waals surface area contributed by atoms with Gasteiger partial charge in [-0.25, -0.2) is 9.48 Å². The van der Waals surface area contributed by atoms with Gasteiger partial charge in [-0.3, -0.25) is 4.79 Å². The molecule has 2 aromatic rings. The van der Waals surface area contributed by atoms with E-state index in [2.05, 4.69) is 15.7 Å². The predicted octanol–water partition coefficient (Wildman–Crippen LogP) is 1.28. The molecule has 2 rings (SSSR count). The molecule has 0 radical (unpaired) electrons. The minimum atomic E-state index is -0.701. The SMILES string of the molecule is CSCC[C@H](NC(N)=O)C(=O)NCc1cnn(-c2ccccc2)c1. The number of hydrogen-bond acceptors (Lipinski definition) is 4. The van der Waals surface area contributed by atoms with Crippen LogP contribution < -0.4 is 16.4 Å². The zero-order valence-corrected chi connectivity index (χ0v) is 14.3. The Bertz CT molecular complexity index is 674. The van der Waals surface area contributed by atoms with Crippen molar-refractivity contribution in [3.8, 4) is 5.69 Å². The lowest BCUT2D eigenvalue weighted by molar-refractivity contribution is -0.123. The van der Waals surface area contributed by atoms with Gasteiger partial charge in [-0.2, -0.15) is 16.9 Å². The van der Waals surface area contributed by atoms with Gasteiger partial charge in [0.15, 0.2) is 0 Å². The molecule has 8 heteroatoms. The van der Waals surface area contributed by atoms with E-state index in [1.54, 1.807) is 22.6 Å². The molecule has 0 unspecified atom stereocenters. The molecule has 4 N–H and O–H groups in total. The molecule has 24 heavy (non-hydrogen) atoms. The molecule has 0 aliphatic heterocycles. The normalized spacial score (nSPS) is 11.7. The summed E-state index contributed by atoms with van der Waals surface area (Å²) in [6.45, 7) is 0.335. The fourth-order valence-corrected chi connectivity index (χ4v) is 2.63. The van der Waals surface area contributed by atoms with Crippen molar-refractivity contribution >= 4 is 23.7 Å². The number of para-hydroxylation sites is 1. The van der Waals surface area contributed by atoms with E-state index < -0.39 is 12.1 Å². The number of primary amides is 1. The molecule has 0 aliphatic rings. The summed E-state index contributed by atoms with van der Waals surface area (Å²) in [5, 5.41) is 9.56. The number of urea groups is 1. The van der Waals surface area contributed by atoms with Crippen LogP contribution in [0, 0.1) is 0 Å². The molecule has 1 aromatic heterocycles. The van der Waals surface area contributed by atoms with Gasteiger partial charge in [-0.05, 0) is 30.6 Å². The molecule has 0 aliphatic carbocycles. The lowest BCUT2D eigenvalue weighted by Crippen LogP contribution is -2.48. The van der Waals surface area contributed by atoms with Crippen LogP contribution >= 0.6 is 11.8 Å². The largest absolute Gasteiger partial charge is 0.352 e. The molecule has 0 saturated heterocycles. The summed E-state index contributed by atoms with van der Waals surface area (Å²) in [4.78, 5) is 23.2. The molecular formula is C16H21N5O2S. The molecule has 1 atom stereocenters. The van der Waals surface area contributed by atoms with Crippen molar-refractivity contribution in [2.45, 2.75) is 19.0 Å². The summed E-state index contributed by atoms with van der Waals surface area (Å²) < 4.78 is 1.74. The van der Waals surface area contributed by atoms with Crippen LogP contribution in [-0.4, -0.2) is 39.8 Å². The molecule has 7 nitrogen and oxygen atoms in total. The summed E-state index contributed by atoms with van der Waals surface area (Å²) in [6, 6.07) is 8.38. The Labute approximate surface area is 145 Å². The molecule has 0 bridgehead atoms. The van der Waals surface area contributed by atoms with Crippen molar-refractivity contribution in [1.29, 1.82) is 0 Å². The van der Waals surface area contributed by atoms with Gasteiger partial charge in [-0.1, -0.05) is 18.2 Å². The topological polar surface area (TPSA) is 102 Å². The number of benzene rings is 1. The number of hydrogen-bond donors (Lipinski definition) is 3. The van der Waals surface area contributed by atoms with Crippen molar-refractivity contribution in [2.24, 2.45) is 5.73 Å². The highest BCUT2D eigenvalue weighted by molar-refractivity contribution is 7.98. The Balaban J connectivity index is 1.92. The standard InChI is InChI=1S/C16H21N5O2S/c1-24-8-7-14(20-16(17)23)15(22)18-9-12-10-19-21(11-12)13-5-3-2-4-6-13/h2-6,10-11,14H,7-9H2,1H3,(H,18,22)(H3,17,20,23)/t14-/m0/s1. The third-order valence-electron chi connectivity index (χ3n) is 3.37. The van der Waals surface area contributed by atoms with Crippen molar-refractivity contribution in [1.82, 2.24) is 20.4 Å². The number of carbonyl (C=O) groups excluding carboxylic acids is 2. The van der Waals surface area contributed by atoms with Gasteiger partial charge in [-0.15, -0.1) is 0 Å². The van der Waals surface area contributed by atoms with Crippen LogP contribution in [-0.2, 0) is 11.3 Å². The maximum absolute atomic E-state index is 12.2. The van der Waals surface area contributed by atoms with Gasteiger partial charge in [0.05, 0.1) is 11.9 Å². The second kappa shape index (κ2) is 8.97. The average Bonchev–Trinajstić information content (AvgIpc) is 3.06. The third kappa shape index (κ3) is 5.31. The lowest BCUT2D eigenvalue weighted by atomic mass is 10.2. The molecule has 0 saturated carbocycles. The Morgan fingerprint density at radius 3 is 2.75 bits per heavy atom. The minimum Gasteiger partial charge on any atom is -0.352 e. The first-order chi connectivity index (χ1) is 11.6. The van der Waals surface area contributed by atoms with E-state index in [0.29, 0.717) is 13.0 Å². The van der Waals surface area contributed by atoms with Crippen LogP contribution in [0.4, 0.5) is 4.79 Å². The molecule has 0 fully saturated rings. The maximum atomic E-state index is 12.2. The predicted molar refractivity (Wildman–Crippen MR) is 94.9 cm³/mol. The van der Waals surface area contributed by atoms with Crippen molar-refractivity contribution < 1.29 is 9.59 Å². The highest BCUT2D eigenvalue weighted by atomic mass is 32.2. The number of rotatable bonds is 8. The van der Waals surface area contributed by atoms with E-state index in [9.17, 15) is 9.59 Å². The fraction of sp³-hybridized carbons (Fsp3) is 0.312. The molecule has 1 heterocycles.